The molecule has 0 bridgehead atoms. The number of benzene rings is 1. The fourth-order valence-corrected chi connectivity index (χ4v) is 2.68. The second-order valence-electron chi connectivity index (χ2n) is 5.25. The minimum atomic E-state index is -1.91. The second-order valence-corrected chi connectivity index (χ2v) is 6.68. The number of methoxy groups -OCH3 is 2. The summed E-state index contributed by atoms with van der Waals surface area (Å²) in [6, 6.07) is 5.35. The van der Waals surface area contributed by atoms with Crippen LogP contribution in [-0.4, -0.2) is 57.3 Å². The molecule has 0 spiro atoms. The molecule has 1 aromatic rings. The van der Waals surface area contributed by atoms with Crippen molar-refractivity contribution < 1.29 is 47.7 Å². The zero-order valence-electron chi connectivity index (χ0n) is 13.4. The number of ether oxygens (including phenoxy) is 2. The first-order chi connectivity index (χ1) is 10.3. The molecule has 0 aliphatic carbocycles. The van der Waals surface area contributed by atoms with Gasteiger partial charge >= 0.3 is 0 Å². The number of nitrogens with zero attached hydrogens (tertiary/aromatic N) is 1. The highest BCUT2D eigenvalue weighted by atomic mass is 127. The fraction of sp³-hybridized carbons (Fsp3) is 0.500. The van der Waals surface area contributed by atoms with E-state index >= 15 is 0 Å². The van der Waals surface area contributed by atoms with Crippen molar-refractivity contribution in [3.05, 3.63) is 23.8 Å². The molecule has 0 aromatic heterocycles. The van der Waals surface area contributed by atoms with E-state index in [9.17, 15) is 4.79 Å². The number of thioether (sulfide) groups is 1. The highest BCUT2D eigenvalue weighted by Gasteiger charge is 2.17. The number of quaternary nitrogens is 1. The molecule has 8 heteroatoms. The lowest BCUT2D eigenvalue weighted by atomic mass is 10.2. The molecule has 0 radical (unpaired) electrons. The summed E-state index contributed by atoms with van der Waals surface area (Å²) in [5.41, 5.74) is 0.563. The molecule has 0 N–H and O–H groups in total. The van der Waals surface area contributed by atoms with E-state index in [1.54, 1.807) is 32.4 Å². The molecule has 0 aliphatic heterocycles. The molecule has 0 aliphatic rings. The average Bonchev–Trinajstić information content (AvgIpc) is 2.45. The van der Waals surface area contributed by atoms with Gasteiger partial charge in [0.05, 0.1) is 53.2 Å². The lowest BCUT2D eigenvalue weighted by Crippen LogP contribution is -3.77. The van der Waals surface area contributed by atoms with Crippen molar-refractivity contribution in [2.75, 3.05) is 47.7 Å². The molecule has 0 unspecified atom stereocenters. The van der Waals surface area contributed by atoms with E-state index < -0.39 is 22.0 Å². The summed E-state index contributed by atoms with van der Waals surface area (Å²) in [4.78, 5) is 12.2. The molecule has 0 fully saturated rings. The summed E-state index contributed by atoms with van der Waals surface area (Å²) in [6.45, 7) is 0.933. The number of hydrogen-bond acceptors (Lipinski definition) is 6. The molecule has 22 heavy (non-hydrogen) atoms. The predicted molar refractivity (Wildman–Crippen MR) is 79.2 cm³/mol. The number of para-hydroxylation sites is 1. The summed E-state index contributed by atoms with van der Waals surface area (Å²) >= 11 is -0.595. The highest BCUT2D eigenvalue weighted by molar-refractivity contribution is 8.14. The van der Waals surface area contributed by atoms with Crippen LogP contribution in [0.5, 0.6) is 11.5 Å². The summed E-state index contributed by atoms with van der Waals surface area (Å²) in [7, 11) is 9.44. The van der Waals surface area contributed by atoms with Crippen LogP contribution in [0.25, 0.3) is 0 Å². The molecule has 0 saturated carbocycles. The zero-order valence-corrected chi connectivity index (χ0v) is 16.4. The SMILES string of the molecule is COc1cccc(C(=O)SCC[N+](C)(C)C)c1OC.[O-][I+][O-]. The van der Waals surface area contributed by atoms with Crippen molar-refractivity contribution in [1.82, 2.24) is 0 Å². The van der Waals surface area contributed by atoms with E-state index in [0.29, 0.717) is 17.1 Å². The Morgan fingerprint density at radius 1 is 1.23 bits per heavy atom. The van der Waals surface area contributed by atoms with Crippen molar-refractivity contribution in [2.45, 2.75) is 0 Å². The van der Waals surface area contributed by atoms with Gasteiger partial charge in [-0.25, -0.2) is 0 Å². The Labute approximate surface area is 147 Å². The Bertz CT molecular complexity index is 465. The third-order valence-electron chi connectivity index (χ3n) is 2.62. The molecular weight excluding hydrogens is 421 g/mol. The normalized spacial score (nSPS) is 10.5. The van der Waals surface area contributed by atoms with E-state index in [0.717, 1.165) is 16.8 Å². The van der Waals surface area contributed by atoms with Gasteiger partial charge in [0.2, 0.25) is 5.12 Å². The van der Waals surface area contributed by atoms with Crippen LogP contribution in [0.1, 0.15) is 10.4 Å². The van der Waals surface area contributed by atoms with Crippen molar-refractivity contribution in [1.29, 1.82) is 0 Å². The standard InChI is InChI=1S/C14H22NO3S.IO2/c1-15(2,3)9-10-19-14(16)11-7-6-8-12(17-4)13(11)18-5;2-1-3/h6-8H,9-10H2,1-5H3;/q+1;-1. The van der Waals surface area contributed by atoms with Gasteiger partial charge in [-0.3, -0.25) is 4.79 Å². The van der Waals surface area contributed by atoms with E-state index in [1.807, 2.05) is 0 Å². The monoisotopic (exact) mass is 443 g/mol. The van der Waals surface area contributed by atoms with Crippen LogP contribution in [-0.2, 0) is 0 Å². The largest absolute Gasteiger partial charge is 0.599 e. The van der Waals surface area contributed by atoms with Crippen LogP contribution in [0.2, 0.25) is 0 Å². The average molecular weight is 443 g/mol. The molecule has 0 saturated heterocycles. The smallest absolute Gasteiger partial charge is 0.223 e. The molecular formula is C14H22INO5S. The number of carbonyl (C=O) groups is 1. The van der Waals surface area contributed by atoms with Crippen LogP contribution in [0.3, 0.4) is 0 Å². The number of halogens is 1. The van der Waals surface area contributed by atoms with Crippen molar-refractivity contribution >= 4 is 16.9 Å². The Morgan fingerprint density at radius 2 is 1.82 bits per heavy atom. The summed E-state index contributed by atoms with van der Waals surface area (Å²) in [6.07, 6.45) is 0. The van der Waals surface area contributed by atoms with E-state index in [4.69, 9.17) is 16.3 Å². The minimum Gasteiger partial charge on any atom is -0.599 e. The quantitative estimate of drug-likeness (QED) is 0.343. The molecule has 0 amide bonds. The summed E-state index contributed by atoms with van der Waals surface area (Å²) < 4.78 is 28.3. The van der Waals surface area contributed by atoms with Crippen molar-refractivity contribution in [2.24, 2.45) is 0 Å². The zero-order chi connectivity index (χ0) is 17.2. The number of rotatable bonds is 6. The van der Waals surface area contributed by atoms with Gasteiger partial charge in [-0.05, 0) is 12.1 Å². The fourth-order valence-electron chi connectivity index (χ4n) is 1.54. The van der Waals surface area contributed by atoms with Gasteiger partial charge in [0.1, 0.15) is 0 Å². The van der Waals surface area contributed by atoms with Gasteiger partial charge in [0.25, 0.3) is 0 Å². The second kappa shape index (κ2) is 11.1. The van der Waals surface area contributed by atoms with Crippen molar-refractivity contribution in [3.8, 4) is 11.5 Å². The van der Waals surface area contributed by atoms with Crippen LogP contribution < -0.4 is 38.4 Å². The first-order valence-electron chi connectivity index (χ1n) is 6.38. The van der Waals surface area contributed by atoms with Gasteiger partial charge in [0.15, 0.2) is 33.5 Å². The Hall–Kier alpha value is -0.550. The Morgan fingerprint density at radius 3 is 2.27 bits per heavy atom. The maximum absolute atomic E-state index is 12.2. The van der Waals surface area contributed by atoms with E-state index in [-0.39, 0.29) is 5.12 Å². The van der Waals surface area contributed by atoms with Crippen LogP contribution in [0.4, 0.5) is 0 Å². The Kier molecular flexibility index (Phi) is 10.8. The Balaban J connectivity index is 0.00000135. The van der Waals surface area contributed by atoms with Crippen LogP contribution in [0.15, 0.2) is 18.2 Å². The van der Waals surface area contributed by atoms with Crippen LogP contribution in [0, 0.1) is 0 Å². The number of carbonyl (C=O) groups excluding carboxylic acids is 1. The maximum Gasteiger partial charge on any atom is 0.223 e. The molecule has 126 valence electrons. The van der Waals surface area contributed by atoms with E-state index in [2.05, 4.69) is 21.1 Å². The molecule has 1 rings (SSSR count). The van der Waals surface area contributed by atoms with Gasteiger partial charge in [-0.1, -0.05) is 17.8 Å². The van der Waals surface area contributed by atoms with Crippen molar-refractivity contribution in [3.63, 3.8) is 0 Å². The maximum atomic E-state index is 12.2. The minimum absolute atomic E-state index is 0.0178. The topological polar surface area (TPSA) is 81.7 Å². The van der Waals surface area contributed by atoms with Gasteiger partial charge < -0.3 is 20.8 Å². The third-order valence-corrected chi connectivity index (χ3v) is 3.49. The first-order valence-corrected chi connectivity index (χ1v) is 9.13. The lowest BCUT2D eigenvalue weighted by molar-refractivity contribution is -1.41. The molecule has 6 nitrogen and oxygen atoms in total. The lowest BCUT2D eigenvalue weighted by Gasteiger charge is -2.23. The van der Waals surface area contributed by atoms with Gasteiger partial charge in [-0.2, -0.15) is 0 Å². The summed E-state index contributed by atoms with van der Waals surface area (Å²) in [5, 5.41) is 0.0178. The van der Waals surface area contributed by atoms with Crippen LogP contribution >= 0.6 is 11.8 Å². The predicted octanol–water partition coefficient (Wildman–Crippen LogP) is -3.09. The molecule has 1 aromatic carbocycles. The third kappa shape index (κ3) is 8.18. The van der Waals surface area contributed by atoms with Gasteiger partial charge in [-0.15, -0.1) is 0 Å². The highest BCUT2D eigenvalue weighted by Crippen LogP contribution is 2.32. The van der Waals surface area contributed by atoms with Gasteiger partial charge in [0, 0.05) is 0 Å². The summed E-state index contributed by atoms with van der Waals surface area (Å²) in [5.74, 6) is 1.87. The van der Waals surface area contributed by atoms with E-state index in [1.165, 1.54) is 11.8 Å². The number of hydrogen-bond donors (Lipinski definition) is 0. The molecule has 0 atom stereocenters. The molecule has 0 heterocycles. The first kappa shape index (κ1) is 21.4.